The van der Waals surface area contributed by atoms with Crippen molar-refractivity contribution in [3.8, 4) is 0 Å². The molecule has 0 aliphatic carbocycles. The summed E-state index contributed by atoms with van der Waals surface area (Å²) in [5.74, 6) is 0.636. The summed E-state index contributed by atoms with van der Waals surface area (Å²) < 4.78 is 0. The van der Waals surface area contributed by atoms with Gasteiger partial charge in [-0.1, -0.05) is 13.8 Å². The molecular weight excluding hydrogens is 310 g/mol. The zero-order valence-electron chi connectivity index (χ0n) is 13.0. The van der Waals surface area contributed by atoms with Crippen molar-refractivity contribution in [1.82, 2.24) is 9.97 Å². The largest absolute Gasteiger partial charge is 0.478 e. The van der Waals surface area contributed by atoms with E-state index in [1.165, 1.54) is 4.88 Å². The van der Waals surface area contributed by atoms with Crippen LogP contribution >= 0.6 is 11.3 Å². The second-order valence-electron chi connectivity index (χ2n) is 5.13. The van der Waals surface area contributed by atoms with Gasteiger partial charge in [-0.2, -0.15) is 0 Å². The smallest absolute Gasteiger partial charge is 0.335 e. The van der Waals surface area contributed by atoms with Gasteiger partial charge in [0.05, 0.1) is 10.9 Å². The van der Waals surface area contributed by atoms with Crippen LogP contribution in [0.5, 0.6) is 0 Å². The number of aromatic nitrogens is 2. The van der Waals surface area contributed by atoms with Gasteiger partial charge >= 0.3 is 5.97 Å². The minimum absolute atomic E-state index is 0.265. The lowest BCUT2D eigenvalue weighted by Crippen LogP contribution is -2.00. The highest BCUT2D eigenvalue weighted by molar-refractivity contribution is 7.18. The predicted octanol–water partition coefficient (Wildman–Crippen LogP) is 4.26. The van der Waals surface area contributed by atoms with Crippen molar-refractivity contribution < 1.29 is 9.90 Å². The Morgan fingerprint density at radius 1 is 1.17 bits per heavy atom. The first-order valence-electron chi connectivity index (χ1n) is 7.50. The molecule has 0 unspecified atom stereocenters. The summed E-state index contributed by atoms with van der Waals surface area (Å²) in [5.41, 5.74) is 1.07. The van der Waals surface area contributed by atoms with Crippen LogP contribution in [-0.4, -0.2) is 21.0 Å². The second kappa shape index (κ2) is 6.34. The van der Waals surface area contributed by atoms with Gasteiger partial charge in [0, 0.05) is 17.0 Å². The minimum Gasteiger partial charge on any atom is -0.478 e. The Kier molecular flexibility index (Phi) is 4.25. The van der Waals surface area contributed by atoms with Crippen molar-refractivity contribution in [2.24, 2.45) is 0 Å². The second-order valence-corrected chi connectivity index (χ2v) is 6.25. The molecule has 3 aromatic rings. The van der Waals surface area contributed by atoms with E-state index in [1.807, 2.05) is 6.92 Å². The van der Waals surface area contributed by atoms with Crippen molar-refractivity contribution in [3.63, 3.8) is 0 Å². The maximum Gasteiger partial charge on any atom is 0.335 e. The molecule has 0 aliphatic heterocycles. The number of anilines is 2. The lowest BCUT2D eigenvalue weighted by Gasteiger charge is -2.08. The first-order valence-corrected chi connectivity index (χ1v) is 8.32. The maximum atomic E-state index is 10.9. The number of hydrogen-bond acceptors (Lipinski definition) is 5. The molecular formula is C17H17N3O2S. The molecule has 2 aromatic heterocycles. The molecule has 23 heavy (non-hydrogen) atoms. The summed E-state index contributed by atoms with van der Waals surface area (Å²) in [6, 6.07) is 8.77. The molecule has 0 saturated carbocycles. The molecule has 3 rings (SSSR count). The molecule has 1 aromatic carbocycles. The maximum absolute atomic E-state index is 10.9. The SMILES string of the molecule is CCc1nc(Nc2ccc(C(=O)O)cc2)c2cc(CC)sc2n1. The standard InChI is InChI=1S/C17H17N3O2S/c1-3-12-9-13-15(19-14(4-2)20-16(13)23-12)18-11-7-5-10(6-8-11)17(21)22/h5-9H,3-4H2,1-2H3,(H,21,22)(H,18,19,20). The van der Waals surface area contributed by atoms with Crippen LogP contribution < -0.4 is 5.32 Å². The van der Waals surface area contributed by atoms with Crippen LogP contribution in [0, 0.1) is 0 Å². The quantitative estimate of drug-likeness (QED) is 0.732. The Hall–Kier alpha value is -2.47. The van der Waals surface area contributed by atoms with Gasteiger partial charge in [0.25, 0.3) is 0 Å². The molecule has 0 spiro atoms. The van der Waals surface area contributed by atoms with Crippen molar-refractivity contribution in [2.45, 2.75) is 26.7 Å². The third-order valence-electron chi connectivity index (χ3n) is 3.55. The third kappa shape index (κ3) is 3.17. The summed E-state index contributed by atoms with van der Waals surface area (Å²) in [6.45, 7) is 4.15. The van der Waals surface area contributed by atoms with Gasteiger partial charge in [-0.05, 0) is 36.8 Å². The monoisotopic (exact) mass is 327 g/mol. The lowest BCUT2D eigenvalue weighted by molar-refractivity contribution is 0.0697. The number of hydrogen-bond donors (Lipinski definition) is 2. The van der Waals surface area contributed by atoms with Gasteiger partial charge in [0.1, 0.15) is 16.5 Å². The molecule has 0 saturated heterocycles. The molecule has 0 atom stereocenters. The van der Waals surface area contributed by atoms with Crippen LogP contribution in [0.15, 0.2) is 30.3 Å². The molecule has 0 amide bonds. The molecule has 0 bridgehead atoms. The highest BCUT2D eigenvalue weighted by atomic mass is 32.1. The average molecular weight is 327 g/mol. The lowest BCUT2D eigenvalue weighted by atomic mass is 10.2. The summed E-state index contributed by atoms with van der Waals surface area (Å²) >= 11 is 1.69. The Bertz CT molecular complexity index is 856. The van der Waals surface area contributed by atoms with E-state index < -0.39 is 5.97 Å². The van der Waals surface area contributed by atoms with E-state index >= 15 is 0 Å². The van der Waals surface area contributed by atoms with E-state index in [1.54, 1.807) is 35.6 Å². The number of fused-ring (bicyclic) bond motifs is 1. The molecule has 6 heteroatoms. The Morgan fingerprint density at radius 3 is 2.52 bits per heavy atom. The number of benzene rings is 1. The highest BCUT2D eigenvalue weighted by Gasteiger charge is 2.11. The van der Waals surface area contributed by atoms with Gasteiger partial charge in [-0.15, -0.1) is 11.3 Å². The Labute approximate surface area is 138 Å². The van der Waals surface area contributed by atoms with Crippen LogP contribution in [0.3, 0.4) is 0 Å². The van der Waals surface area contributed by atoms with Gasteiger partial charge < -0.3 is 10.4 Å². The van der Waals surface area contributed by atoms with Crippen LogP contribution in [0.25, 0.3) is 10.2 Å². The zero-order valence-corrected chi connectivity index (χ0v) is 13.8. The average Bonchev–Trinajstić information content (AvgIpc) is 2.98. The number of thiophene rings is 1. The summed E-state index contributed by atoms with van der Waals surface area (Å²) in [7, 11) is 0. The van der Waals surface area contributed by atoms with E-state index in [2.05, 4.69) is 28.3 Å². The number of aryl methyl sites for hydroxylation is 2. The van der Waals surface area contributed by atoms with Crippen LogP contribution in [0.1, 0.15) is 34.9 Å². The number of carboxylic acids is 1. The molecule has 118 valence electrons. The highest BCUT2D eigenvalue weighted by Crippen LogP contribution is 2.31. The Balaban J connectivity index is 2.00. The van der Waals surface area contributed by atoms with Crippen molar-refractivity contribution in [3.05, 3.63) is 46.6 Å². The van der Waals surface area contributed by atoms with E-state index in [9.17, 15) is 4.79 Å². The summed E-state index contributed by atoms with van der Waals surface area (Å²) in [5, 5.41) is 13.3. The molecule has 0 fully saturated rings. The van der Waals surface area contributed by atoms with Gasteiger partial charge in [-0.3, -0.25) is 0 Å². The van der Waals surface area contributed by atoms with Crippen LogP contribution in [0.4, 0.5) is 11.5 Å². The van der Waals surface area contributed by atoms with Gasteiger partial charge in [0.2, 0.25) is 0 Å². The van der Waals surface area contributed by atoms with Gasteiger partial charge in [-0.25, -0.2) is 14.8 Å². The van der Waals surface area contributed by atoms with E-state index in [4.69, 9.17) is 5.11 Å². The van der Waals surface area contributed by atoms with Gasteiger partial charge in [0.15, 0.2) is 0 Å². The number of carboxylic acid groups (broad SMARTS) is 1. The molecule has 0 radical (unpaired) electrons. The number of nitrogens with zero attached hydrogens (tertiary/aromatic N) is 2. The van der Waals surface area contributed by atoms with Crippen molar-refractivity contribution in [2.75, 3.05) is 5.32 Å². The van der Waals surface area contributed by atoms with Crippen LogP contribution in [0.2, 0.25) is 0 Å². The number of carbonyl (C=O) groups is 1. The fourth-order valence-electron chi connectivity index (χ4n) is 2.28. The molecule has 2 heterocycles. The normalized spacial score (nSPS) is 10.9. The fraction of sp³-hybridized carbons (Fsp3) is 0.235. The number of rotatable bonds is 5. The molecule has 0 aliphatic rings. The number of nitrogens with one attached hydrogen (secondary N) is 1. The van der Waals surface area contributed by atoms with Crippen molar-refractivity contribution >= 4 is 39.0 Å². The van der Waals surface area contributed by atoms with E-state index in [0.717, 1.165) is 40.4 Å². The van der Waals surface area contributed by atoms with E-state index in [-0.39, 0.29) is 5.56 Å². The zero-order chi connectivity index (χ0) is 16.4. The summed E-state index contributed by atoms with van der Waals surface area (Å²) in [6.07, 6.45) is 1.73. The molecule has 2 N–H and O–H groups in total. The third-order valence-corrected chi connectivity index (χ3v) is 4.72. The topological polar surface area (TPSA) is 75.1 Å². The van der Waals surface area contributed by atoms with Crippen molar-refractivity contribution in [1.29, 1.82) is 0 Å². The predicted molar refractivity (Wildman–Crippen MR) is 92.9 cm³/mol. The minimum atomic E-state index is -0.931. The number of aromatic carboxylic acids is 1. The first-order chi connectivity index (χ1) is 11.1. The van der Waals surface area contributed by atoms with Crippen LogP contribution in [-0.2, 0) is 12.8 Å². The Morgan fingerprint density at radius 2 is 1.91 bits per heavy atom. The summed E-state index contributed by atoms with van der Waals surface area (Å²) in [4.78, 5) is 22.4. The van der Waals surface area contributed by atoms with E-state index in [0.29, 0.717) is 0 Å². The molecule has 5 nitrogen and oxygen atoms in total. The fourth-order valence-corrected chi connectivity index (χ4v) is 3.26. The first kappa shape index (κ1) is 15.4.